The van der Waals surface area contributed by atoms with Gasteiger partial charge in [0.2, 0.25) is 5.91 Å². The van der Waals surface area contributed by atoms with Crippen molar-refractivity contribution in [3.63, 3.8) is 0 Å². The van der Waals surface area contributed by atoms with Gasteiger partial charge in [-0.1, -0.05) is 6.07 Å². The van der Waals surface area contributed by atoms with Crippen LogP contribution in [0.1, 0.15) is 26.2 Å². The zero-order valence-corrected chi connectivity index (χ0v) is 13.9. The molecule has 3 N–H and O–H groups in total. The molecule has 126 valence electrons. The monoisotopic (exact) mass is 339 g/mol. The molecule has 0 aromatic carbocycles. The number of nitrogens with two attached hydrogens (primary N) is 1. The summed E-state index contributed by atoms with van der Waals surface area (Å²) < 4.78 is 2.79. The summed E-state index contributed by atoms with van der Waals surface area (Å²) in [5.41, 5.74) is 5.81. The summed E-state index contributed by atoms with van der Waals surface area (Å²) in [5, 5.41) is 7.23. The van der Waals surface area contributed by atoms with Crippen molar-refractivity contribution in [3.05, 3.63) is 34.9 Å². The van der Waals surface area contributed by atoms with E-state index in [4.69, 9.17) is 5.73 Å². The van der Waals surface area contributed by atoms with E-state index >= 15 is 0 Å². The van der Waals surface area contributed by atoms with Crippen molar-refractivity contribution in [2.45, 2.75) is 38.3 Å². The normalized spacial score (nSPS) is 16.6. The Morgan fingerprint density at radius 3 is 2.83 bits per heavy atom. The summed E-state index contributed by atoms with van der Waals surface area (Å²) in [5.74, 6) is 0.378. The Morgan fingerprint density at radius 2 is 2.22 bits per heavy atom. The summed E-state index contributed by atoms with van der Waals surface area (Å²) in [6, 6.07) is 5.35. The van der Waals surface area contributed by atoms with Crippen LogP contribution >= 0.6 is 12.4 Å². The topological polar surface area (TPSA) is 94.4 Å². The predicted octanol–water partition coefficient (Wildman–Crippen LogP) is 0.551. The molecule has 3 rings (SSSR count). The Kier molecular flexibility index (Phi) is 5.11. The molecule has 2 aromatic rings. The molecule has 2 heterocycles. The maximum atomic E-state index is 12.1. The minimum Gasteiger partial charge on any atom is -0.349 e. The van der Waals surface area contributed by atoms with Crippen molar-refractivity contribution in [2.24, 2.45) is 11.7 Å². The summed E-state index contributed by atoms with van der Waals surface area (Å²) in [6.07, 6.45) is 4.10. The van der Waals surface area contributed by atoms with Crippen LogP contribution in [0.25, 0.3) is 5.65 Å². The van der Waals surface area contributed by atoms with E-state index in [2.05, 4.69) is 10.4 Å². The Morgan fingerprint density at radius 1 is 1.48 bits per heavy atom. The Hall–Kier alpha value is -1.86. The molecule has 8 heteroatoms. The number of rotatable bonds is 6. The predicted molar refractivity (Wildman–Crippen MR) is 89.6 cm³/mol. The number of carbonyl (C=O) groups excluding carboxylic acids is 1. The fraction of sp³-hybridized carbons (Fsp3) is 0.533. The van der Waals surface area contributed by atoms with E-state index in [0.717, 1.165) is 12.8 Å². The smallest absolute Gasteiger partial charge is 0.349 e. The van der Waals surface area contributed by atoms with Gasteiger partial charge in [-0.3, -0.25) is 9.20 Å². The number of nitrogens with zero attached hydrogens (tertiary/aromatic N) is 3. The fourth-order valence-electron chi connectivity index (χ4n) is 2.74. The molecule has 1 amide bonds. The molecule has 1 atom stereocenters. The first-order chi connectivity index (χ1) is 10.5. The van der Waals surface area contributed by atoms with Crippen LogP contribution in [0.4, 0.5) is 0 Å². The van der Waals surface area contributed by atoms with Gasteiger partial charge >= 0.3 is 5.69 Å². The highest BCUT2D eigenvalue weighted by molar-refractivity contribution is 5.85. The van der Waals surface area contributed by atoms with Crippen LogP contribution in [0.5, 0.6) is 0 Å². The largest absolute Gasteiger partial charge is 0.350 e. The zero-order valence-electron chi connectivity index (χ0n) is 13.1. The molecule has 0 spiro atoms. The maximum Gasteiger partial charge on any atom is 0.350 e. The molecule has 2 aromatic heterocycles. The second-order valence-electron chi connectivity index (χ2n) is 6.13. The molecule has 1 fully saturated rings. The minimum absolute atomic E-state index is 0. The van der Waals surface area contributed by atoms with Gasteiger partial charge in [0.05, 0.1) is 12.1 Å². The Labute approximate surface area is 140 Å². The molecule has 7 nitrogen and oxygen atoms in total. The number of fused-ring (bicyclic) bond motifs is 1. The summed E-state index contributed by atoms with van der Waals surface area (Å²) in [4.78, 5) is 24.2. The van der Waals surface area contributed by atoms with Crippen molar-refractivity contribution in [2.75, 3.05) is 6.54 Å². The Bertz CT molecular complexity index is 752. The molecule has 1 saturated carbocycles. The number of hydrogen-bond acceptors (Lipinski definition) is 4. The SMILES string of the molecule is CC(CN)(NC(=O)CCn1nc2ccccn2c1=O)C1CC1.Cl. The van der Waals surface area contributed by atoms with E-state index in [-0.39, 0.29) is 42.5 Å². The van der Waals surface area contributed by atoms with Crippen molar-refractivity contribution in [1.82, 2.24) is 19.5 Å². The number of hydrogen-bond donors (Lipinski definition) is 2. The highest BCUT2D eigenvalue weighted by Gasteiger charge is 2.41. The van der Waals surface area contributed by atoms with Crippen LogP contribution in [-0.2, 0) is 11.3 Å². The zero-order chi connectivity index (χ0) is 15.7. The standard InChI is InChI=1S/C15H21N5O2.ClH/c1-15(10-16,11-5-6-11)17-13(21)7-9-20-14(22)19-8-3-2-4-12(19)18-20;/h2-4,8,11H,5-7,9-10,16H2,1H3,(H,17,21);1H. The minimum atomic E-state index is -0.332. The number of carbonyl (C=O) groups is 1. The van der Waals surface area contributed by atoms with E-state index in [9.17, 15) is 9.59 Å². The van der Waals surface area contributed by atoms with E-state index in [0.29, 0.717) is 18.1 Å². The van der Waals surface area contributed by atoms with E-state index in [1.165, 1.54) is 9.08 Å². The number of nitrogens with one attached hydrogen (secondary N) is 1. The first-order valence-corrected chi connectivity index (χ1v) is 7.59. The Balaban J connectivity index is 0.00000192. The number of amides is 1. The van der Waals surface area contributed by atoms with Gasteiger partial charge < -0.3 is 11.1 Å². The van der Waals surface area contributed by atoms with E-state index in [1.807, 2.05) is 13.0 Å². The highest BCUT2D eigenvalue weighted by Crippen LogP contribution is 2.38. The van der Waals surface area contributed by atoms with Crippen LogP contribution in [0.3, 0.4) is 0 Å². The summed E-state index contributed by atoms with van der Waals surface area (Å²) >= 11 is 0. The average Bonchev–Trinajstić information content (AvgIpc) is 3.32. The number of halogens is 1. The molecule has 0 bridgehead atoms. The lowest BCUT2D eigenvalue weighted by atomic mass is 9.96. The van der Waals surface area contributed by atoms with Gasteiger partial charge in [-0.2, -0.15) is 0 Å². The molecular formula is C15H22ClN5O2. The molecule has 0 saturated heterocycles. The number of pyridine rings is 1. The van der Waals surface area contributed by atoms with E-state index < -0.39 is 0 Å². The van der Waals surface area contributed by atoms with Gasteiger partial charge in [-0.25, -0.2) is 9.48 Å². The van der Waals surface area contributed by atoms with Gasteiger partial charge in [-0.15, -0.1) is 17.5 Å². The fourth-order valence-corrected chi connectivity index (χ4v) is 2.74. The van der Waals surface area contributed by atoms with Crippen LogP contribution in [0, 0.1) is 5.92 Å². The molecule has 1 aliphatic rings. The molecule has 1 aliphatic carbocycles. The maximum absolute atomic E-state index is 12.1. The average molecular weight is 340 g/mol. The molecule has 1 unspecified atom stereocenters. The second kappa shape index (κ2) is 6.72. The third-order valence-electron chi connectivity index (χ3n) is 4.37. The second-order valence-corrected chi connectivity index (χ2v) is 6.13. The van der Waals surface area contributed by atoms with Gasteiger partial charge in [0, 0.05) is 19.2 Å². The molecular weight excluding hydrogens is 318 g/mol. The summed E-state index contributed by atoms with van der Waals surface area (Å²) in [6.45, 7) is 2.68. The van der Waals surface area contributed by atoms with Crippen LogP contribution < -0.4 is 16.7 Å². The van der Waals surface area contributed by atoms with Crippen LogP contribution in [0.15, 0.2) is 29.2 Å². The lowest BCUT2D eigenvalue weighted by molar-refractivity contribution is -0.123. The van der Waals surface area contributed by atoms with Crippen molar-refractivity contribution in [1.29, 1.82) is 0 Å². The lowest BCUT2D eigenvalue weighted by Gasteiger charge is -2.29. The van der Waals surface area contributed by atoms with Gasteiger partial charge in [0.25, 0.3) is 0 Å². The molecule has 0 aliphatic heterocycles. The number of aromatic nitrogens is 3. The van der Waals surface area contributed by atoms with Gasteiger partial charge in [0.1, 0.15) is 0 Å². The van der Waals surface area contributed by atoms with Crippen molar-refractivity contribution >= 4 is 24.0 Å². The molecule has 23 heavy (non-hydrogen) atoms. The third-order valence-corrected chi connectivity index (χ3v) is 4.37. The van der Waals surface area contributed by atoms with Crippen molar-refractivity contribution in [3.8, 4) is 0 Å². The van der Waals surface area contributed by atoms with Gasteiger partial charge in [-0.05, 0) is 37.8 Å². The first-order valence-electron chi connectivity index (χ1n) is 7.59. The van der Waals surface area contributed by atoms with Crippen LogP contribution in [-0.4, -0.2) is 32.2 Å². The first kappa shape index (κ1) is 17.5. The van der Waals surface area contributed by atoms with Crippen molar-refractivity contribution < 1.29 is 4.79 Å². The van der Waals surface area contributed by atoms with Gasteiger partial charge in [0.15, 0.2) is 5.65 Å². The number of aryl methyl sites for hydroxylation is 1. The summed E-state index contributed by atoms with van der Waals surface area (Å²) in [7, 11) is 0. The van der Waals surface area contributed by atoms with E-state index in [1.54, 1.807) is 18.3 Å². The molecule has 0 radical (unpaired) electrons. The lowest BCUT2D eigenvalue weighted by Crippen LogP contribution is -2.53. The highest BCUT2D eigenvalue weighted by atomic mass is 35.5. The third kappa shape index (κ3) is 3.56. The quantitative estimate of drug-likeness (QED) is 0.803. The van der Waals surface area contributed by atoms with Crippen LogP contribution in [0.2, 0.25) is 0 Å².